The molecule has 6 heteroatoms. The Morgan fingerprint density at radius 3 is 2.71 bits per heavy atom. The number of rotatable bonds is 4. The second-order valence-corrected chi connectivity index (χ2v) is 7.77. The van der Waals surface area contributed by atoms with Crippen molar-refractivity contribution in [2.24, 2.45) is 0 Å². The van der Waals surface area contributed by atoms with Gasteiger partial charge in [-0.15, -0.1) is 0 Å². The van der Waals surface area contributed by atoms with Crippen molar-refractivity contribution in [3.63, 3.8) is 0 Å². The first kappa shape index (κ1) is 18.7. The minimum atomic E-state index is -0.0348. The fourth-order valence-corrected chi connectivity index (χ4v) is 4.69. The minimum absolute atomic E-state index is 0.0195. The zero-order chi connectivity index (χ0) is 20.0. The van der Waals surface area contributed by atoms with Crippen molar-refractivity contribution in [3.05, 3.63) is 41.1 Å². The number of Topliss-reactive ketones (excluding diaryl/α,β-unsaturated/α-hetero) is 1. The molecule has 2 aromatic rings. The molecule has 1 aliphatic heterocycles. The van der Waals surface area contributed by atoms with E-state index in [-0.39, 0.29) is 23.9 Å². The van der Waals surface area contributed by atoms with Crippen LogP contribution < -0.4 is 5.32 Å². The number of likely N-dealkylation sites (N-methyl/N-ethyl adjacent to an activating group) is 1. The number of aromatic amines is 1. The third-order valence-corrected chi connectivity index (χ3v) is 6.10. The van der Waals surface area contributed by atoms with E-state index in [9.17, 15) is 9.59 Å². The van der Waals surface area contributed by atoms with Gasteiger partial charge in [0, 0.05) is 43.5 Å². The number of H-pyrrole nitrogens is 1. The topological polar surface area (TPSA) is 68.4 Å². The third kappa shape index (κ3) is 2.92. The molecule has 0 bridgehead atoms. The highest BCUT2D eigenvalue weighted by Crippen LogP contribution is 2.41. The maximum absolute atomic E-state index is 12.5. The van der Waals surface area contributed by atoms with Crippen LogP contribution in [0.15, 0.2) is 24.3 Å². The highest BCUT2D eigenvalue weighted by molar-refractivity contribution is 6.06. The minimum Gasteiger partial charge on any atom is -0.352 e. The average Bonchev–Trinajstić information content (AvgIpc) is 3.04. The first-order valence-electron chi connectivity index (χ1n) is 10.1. The summed E-state index contributed by atoms with van der Waals surface area (Å²) in [6.45, 7) is 7.76. The normalized spacial score (nSPS) is 21.2. The first-order chi connectivity index (χ1) is 13.4. The molecule has 148 valence electrons. The number of hydrogen-bond donors (Lipinski definition) is 2. The number of benzene rings is 1. The van der Waals surface area contributed by atoms with Gasteiger partial charge in [0.25, 0.3) is 0 Å². The lowest BCUT2D eigenvalue weighted by molar-refractivity contribution is 0.101. The molecule has 2 N–H and O–H groups in total. The number of carbonyl (C=O) groups excluding carboxylic acids is 2. The van der Waals surface area contributed by atoms with Crippen molar-refractivity contribution in [1.29, 1.82) is 0 Å². The molecule has 1 aromatic carbocycles. The predicted molar refractivity (Wildman–Crippen MR) is 112 cm³/mol. The molecule has 0 spiro atoms. The molecule has 0 unspecified atom stereocenters. The van der Waals surface area contributed by atoms with E-state index < -0.39 is 0 Å². The highest BCUT2D eigenvalue weighted by atomic mass is 16.2. The Hall–Kier alpha value is -2.60. The monoisotopic (exact) mass is 380 g/mol. The number of hydrogen-bond acceptors (Lipinski definition) is 3. The van der Waals surface area contributed by atoms with Crippen molar-refractivity contribution >= 4 is 28.3 Å². The van der Waals surface area contributed by atoms with Crippen molar-refractivity contribution < 1.29 is 9.59 Å². The van der Waals surface area contributed by atoms with E-state index in [0.717, 1.165) is 35.1 Å². The van der Waals surface area contributed by atoms with Gasteiger partial charge in [-0.1, -0.05) is 18.2 Å². The van der Waals surface area contributed by atoms with Gasteiger partial charge in [0.2, 0.25) is 0 Å². The van der Waals surface area contributed by atoms with E-state index in [1.54, 1.807) is 11.8 Å². The quantitative estimate of drug-likeness (QED) is 0.801. The lowest BCUT2D eigenvalue weighted by atomic mass is 9.80. The lowest BCUT2D eigenvalue weighted by Gasteiger charge is -2.40. The largest absolute Gasteiger partial charge is 0.352 e. The first-order valence-corrected chi connectivity index (χ1v) is 10.1. The molecule has 28 heavy (non-hydrogen) atoms. The van der Waals surface area contributed by atoms with Gasteiger partial charge >= 0.3 is 6.03 Å². The van der Waals surface area contributed by atoms with Gasteiger partial charge in [-0.2, -0.15) is 0 Å². The maximum Gasteiger partial charge on any atom is 0.317 e. The predicted octanol–water partition coefficient (Wildman–Crippen LogP) is 3.04. The molecule has 2 amide bonds. The smallest absolute Gasteiger partial charge is 0.317 e. The van der Waals surface area contributed by atoms with Crippen LogP contribution >= 0.6 is 0 Å². The highest BCUT2D eigenvalue weighted by Gasteiger charge is 2.36. The Kier molecular flexibility index (Phi) is 4.75. The summed E-state index contributed by atoms with van der Waals surface area (Å²) in [6.07, 6.45) is 3.02. The van der Waals surface area contributed by atoms with E-state index in [1.807, 2.05) is 26.0 Å². The van der Waals surface area contributed by atoms with E-state index in [0.29, 0.717) is 13.1 Å². The van der Waals surface area contributed by atoms with E-state index >= 15 is 0 Å². The van der Waals surface area contributed by atoms with Crippen LogP contribution in [0.4, 0.5) is 4.79 Å². The summed E-state index contributed by atoms with van der Waals surface area (Å²) in [5.74, 6) is 0.0763. The molecule has 0 fully saturated rings. The van der Waals surface area contributed by atoms with Gasteiger partial charge in [-0.05, 0) is 50.1 Å². The lowest BCUT2D eigenvalue weighted by Crippen LogP contribution is -2.52. The van der Waals surface area contributed by atoms with Crippen LogP contribution in [0, 0.1) is 0 Å². The van der Waals surface area contributed by atoms with Crippen molar-refractivity contribution in [2.45, 2.75) is 39.3 Å². The van der Waals surface area contributed by atoms with Crippen LogP contribution in [0.3, 0.4) is 0 Å². The maximum atomic E-state index is 12.5. The van der Waals surface area contributed by atoms with Crippen molar-refractivity contribution in [3.8, 4) is 0 Å². The zero-order valence-corrected chi connectivity index (χ0v) is 17.0. The van der Waals surface area contributed by atoms with Gasteiger partial charge in [0.15, 0.2) is 5.78 Å². The van der Waals surface area contributed by atoms with Gasteiger partial charge in [0.1, 0.15) is 0 Å². The number of amides is 2. The molecule has 2 atom stereocenters. The summed E-state index contributed by atoms with van der Waals surface area (Å²) in [7, 11) is 2.10. The Labute approximate surface area is 165 Å². The van der Waals surface area contributed by atoms with E-state index in [2.05, 4.69) is 34.4 Å². The number of urea groups is 1. The van der Waals surface area contributed by atoms with Crippen LogP contribution in [-0.2, 0) is 6.42 Å². The molecule has 1 aromatic heterocycles. The molecule has 0 radical (unpaired) electrons. The summed E-state index contributed by atoms with van der Waals surface area (Å²) in [5, 5.41) is 4.32. The molecule has 0 saturated carbocycles. The molecule has 2 heterocycles. The second kappa shape index (κ2) is 7.09. The van der Waals surface area contributed by atoms with Crippen LogP contribution in [0.2, 0.25) is 0 Å². The van der Waals surface area contributed by atoms with Gasteiger partial charge < -0.3 is 15.2 Å². The third-order valence-electron chi connectivity index (χ3n) is 6.10. The van der Waals surface area contributed by atoms with Crippen LogP contribution in [0.25, 0.3) is 16.5 Å². The number of carbonyl (C=O) groups is 2. The van der Waals surface area contributed by atoms with E-state index in [1.165, 1.54) is 11.1 Å². The number of nitrogens with one attached hydrogen (secondary N) is 2. The van der Waals surface area contributed by atoms with Gasteiger partial charge in [-0.3, -0.25) is 9.69 Å². The molecule has 0 saturated heterocycles. The molecular weight excluding hydrogens is 352 g/mol. The number of fused-ring (bicyclic) bond motifs is 2. The SMILES string of the molecule is CCN(CC)C(=O)N[C@H]1C=C2c3cccc4[nH]c(C(C)=O)c(c34)C[C@H]2N(C)C1. The summed E-state index contributed by atoms with van der Waals surface area (Å²) in [4.78, 5) is 32.1. The summed E-state index contributed by atoms with van der Waals surface area (Å²) in [6, 6.07) is 6.35. The van der Waals surface area contributed by atoms with Gasteiger partial charge in [0.05, 0.1) is 11.7 Å². The summed E-state index contributed by atoms with van der Waals surface area (Å²) < 4.78 is 0. The molecular formula is C22H28N4O2. The Bertz CT molecular complexity index is 970. The Morgan fingerprint density at radius 1 is 1.29 bits per heavy atom. The molecule has 1 aliphatic carbocycles. The molecule has 2 aliphatic rings. The second-order valence-electron chi connectivity index (χ2n) is 7.77. The molecule has 6 nitrogen and oxygen atoms in total. The van der Waals surface area contributed by atoms with Crippen LogP contribution in [0.5, 0.6) is 0 Å². The molecule has 4 rings (SSSR count). The number of nitrogens with zero attached hydrogens (tertiary/aromatic N) is 2. The zero-order valence-electron chi connectivity index (χ0n) is 17.0. The fourth-order valence-electron chi connectivity index (χ4n) is 4.69. The average molecular weight is 380 g/mol. The van der Waals surface area contributed by atoms with Crippen molar-refractivity contribution in [2.75, 3.05) is 26.7 Å². The standard InChI is InChI=1S/C22H28N4O2/c1-5-26(6-2)22(28)23-14-10-16-15-8-7-9-18-20(15)17(21(24-18)13(3)27)11-19(16)25(4)12-14/h7-10,14,19,24H,5-6,11-12H2,1-4H3,(H,23,28)/t14-,19+/m0/s1. The van der Waals surface area contributed by atoms with Crippen LogP contribution in [0.1, 0.15) is 42.4 Å². The number of ketones is 1. The fraction of sp³-hybridized carbons (Fsp3) is 0.455. The Morgan fingerprint density at radius 2 is 2.04 bits per heavy atom. The summed E-state index contributed by atoms with van der Waals surface area (Å²) in [5.41, 5.74) is 5.27. The number of aromatic nitrogens is 1. The van der Waals surface area contributed by atoms with Crippen molar-refractivity contribution in [1.82, 2.24) is 20.1 Å². The van der Waals surface area contributed by atoms with E-state index in [4.69, 9.17) is 0 Å². The van der Waals surface area contributed by atoms with Crippen LogP contribution in [-0.4, -0.2) is 65.4 Å². The summed E-state index contributed by atoms with van der Waals surface area (Å²) >= 11 is 0. The Balaban J connectivity index is 1.75. The van der Waals surface area contributed by atoms with Gasteiger partial charge in [-0.25, -0.2) is 4.79 Å².